The highest BCUT2D eigenvalue weighted by Gasteiger charge is 2.14. The van der Waals surface area contributed by atoms with Crippen LogP contribution in [-0.4, -0.2) is 23.1 Å². The summed E-state index contributed by atoms with van der Waals surface area (Å²) >= 11 is 0. The van der Waals surface area contributed by atoms with Crippen molar-refractivity contribution in [1.29, 1.82) is 0 Å². The molecule has 1 atom stereocenters. The summed E-state index contributed by atoms with van der Waals surface area (Å²) in [4.78, 5) is 23.3. The maximum Gasteiger partial charge on any atom is 0.306 e. The highest BCUT2D eigenvalue weighted by atomic mass is 16.5. The van der Waals surface area contributed by atoms with Crippen molar-refractivity contribution in [3.8, 4) is 0 Å². The minimum absolute atomic E-state index is 0.00105. The van der Waals surface area contributed by atoms with E-state index in [2.05, 4.69) is 38.2 Å². The van der Waals surface area contributed by atoms with E-state index in [1.807, 2.05) is 0 Å². The SMILES string of the molecule is CCCCC/C=C\C/C=C\CCCCCCCC(=O)OC(CCCCCCCCCCCCC)CCCCCC(=O)O. The number of unbranched alkanes of at least 4 members (excludes halogenated alkanes) is 20. The van der Waals surface area contributed by atoms with Gasteiger partial charge in [-0.25, -0.2) is 0 Å². The summed E-state index contributed by atoms with van der Waals surface area (Å²) in [6, 6.07) is 0. The van der Waals surface area contributed by atoms with E-state index in [0.717, 1.165) is 57.8 Å². The topological polar surface area (TPSA) is 63.6 Å². The Balaban J connectivity index is 3.98. The second kappa shape index (κ2) is 33.9. The Morgan fingerprint density at radius 1 is 0.524 bits per heavy atom. The van der Waals surface area contributed by atoms with Gasteiger partial charge in [0, 0.05) is 12.8 Å². The average molecular weight is 591 g/mol. The lowest BCUT2D eigenvalue weighted by molar-refractivity contribution is -0.150. The summed E-state index contributed by atoms with van der Waals surface area (Å²) in [6.07, 6.45) is 41.8. The molecule has 0 rings (SSSR count). The van der Waals surface area contributed by atoms with Crippen LogP contribution in [0, 0.1) is 0 Å². The molecular weight excluding hydrogens is 520 g/mol. The third kappa shape index (κ3) is 32.9. The second-order valence-electron chi connectivity index (χ2n) is 12.4. The van der Waals surface area contributed by atoms with Crippen LogP contribution in [0.3, 0.4) is 0 Å². The largest absolute Gasteiger partial charge is 0.481 e. The lowest BCUT2D eigenvalue weighted by Crippen LogP contribution is -2.18. The fourth-order valence-corrected chi connectivity index (χ4v) is 5.45. The molecule has 0 fully saturated rings. The van der Waals surface area contributed by atoms with Gasteiger partial charge in [-0.15, -0.1) is 0 Å². The molecule has 0 heterocycles. The molecule has 4 heteroatoms. The van der Waals surface area contributed by atoms with Crippen LogP contribution >= 0.6 is 0 Å². The highest BCUT2D eigenvalue weighted by Crippen LogP contribution is 2.18. The number of rotatable bonds is 33. The van der Waals surface area contributed by atoms with E-state index in [1.165, 1.54) is 109 Å². The monoisotopic (exact) mass is 591 g/mol. The minimum atomic E-state index is -0.726. The van der Waals surface area contributed by atoms with Crippen molar-refractivity contribution in [3.05, 3.63) is 24.3 Å². The fraction of sp³-hybridized carbons (Fsp3) is 0.842. The first-order valence-electron chi connectivity index (χ1n) is 18.3. The first kappa shape index (κ1) is 40.4. The molecule has 1 unspecified atom stereocenters. The van der Waals surface area contributed by atoms with Crippen molar-refractivity contribution in [2.45, 2.75) is 206 Å². The van der Waals surface area contributed by atoms with Gasteiger partial charge in [-0.2, -0.15) is 0 Å². The second-order valence-corrected chi connectivity index (χ2v) is 12.4. The van der Waals surface area contributed by atoms with E-state index in [4.69, 9.17) is 9.84 Å². The summed E-state index contributed by atoms with van der Waals surface area (Å²) in [6.45, 7) is 4.51. The van der Waals surface area contributed by atoms with Gasteiger partial charge < -0.3 is 9.84 Å². The average Bonchev–Trinajstić information content (AvgIpc) is 2.97. The Kier molecular flexibility index (Phi) is 32.6. The van der Waals surface area contributed by atoms with Gasteiger partial charge in [-0.05, 0) is 70.6 Å². The molecule has 4 nitrogen and oxygen atoms in total. The Hall–Kier alpha value is -1.58. The fourth-order valence-electron chi connectivity index (χ4n) is 5.45. The zero-order valence-corrected chi connectivity index (χ0v) is 28.1. The summed E-state index contributed by atoms with van der Waals surface area (Å²) in [5, 5.41) is 8.87. The summed E-state index contributed by atoms with van der Waals surface area (Å²) in [5.41, 5.74) is 0. The van der Waals surface area contributed by atoms with E-state index in [9.17, 15) is 9.59 Å². The first-order valence-corrected chi connectivity index (χ1v) is 18.3. The van der Waals surface area contributed by atoms with Gasteiger partial charge in [-0.1, -0.05) is 141 Å². The molecule has 0 aliphatic heterocycles. The number of carboxylic acid groups (broad SMARTS) is 1. The number of hydrogen-bond donors (Lipinski definition) is 1. The zero-order valence-electron chi connectivity index (χ0n) is 28.1. The van der Waals surface area contributed by atoms with Crippen molar-refractivity contribution in [2.75, 3.05) is 0 Å². The molecule has 0 aromatic heterocycles. The molecule has 0 bridgehead atoms. The van der Waals surface area contributed by atoms with Crippen molar-refractivity contribution in [2.24, 2.45) is 0 Å². The third-order valence-electron chi connectivity index (χ3n) is 8.18. The van der Waals surface area contributed by atoms with Crippen molar-refractivity contribution in [3.63, 3.8) is 0 Å². The summed E-state index contributed by atoms with van der Waals surface area (Å²) in [7, 11) is 0. The van der Waals surface area contributed by atoms with Gasteiger partial charge in [0.05, 0.1) is 0 Å². The number of allylic oxidation sites excluding steroid dienone is 4. The van der Waals surface area contributed by atoms with E-state index < -0.39 is 5.97 Å². The molecule has 0 aromatic rings. The van der Waals surface area contributed by atoms with Crippen molar-refractivity contribution < 1.29 is 19.4 Å². The molecular formula is C38H70O4. The number of carbonyl (C=O) groups is 2. The number of aliphatic carboxylic acids is 1. The zero-order chi connectivity index (χ0) is 30.8. The van der Waals surface area contributed by atoms with Crippen LogP contribution < -0.4 is 0 Å². The van der Waals surface area contributed by atoms with Gasteiger partial charge in [-0.3, -0.25) is 9.59 Å². The van der Waals surface area contributed by atoms with Gasteiger partial charge in [0.1, 0.15) is 6.10 Å². The van der Waals surface area contributed by atoms with Crippen LogP contribution in [0.15, 0.2) is 24.3 Å². The normalized spacial score (nSPS) is 12.4. The number of hydrogen-bond acceptors (Lipinski definition) is 3. The quantitative estimate of drug-likeness (QED) is 0.0469. The Morgan fingerprint density at radius 2 is 0.929 bits per heavy atom. The molecule has 0 aliphatic rings. The summed E-state index contributed by atoms with van der Waals surface area (Å²) in [5.74, 6) is -0.768. The number of ether oxygens (including phenoxy) is 1. The lowest BCUT2D eigenvalue weighted by Gasteiger charge is -2.18. The lowest BCUT2D eigenvalue weighted by atomic mass is 10.0. The number of esters is 1. The minimum Gasteiger partial charge on any atom is -0.481 e. The molecule has 42 heavy (non-hydrogen) atoms. The van der Waals surface area contributed by atoms with E-state index in [0.29, 0.717) is 12.8 Å². The van der Waals surface area contributed by atoms with Gasteiger partial charge in [0.25, 0.3) is 0 Å². The van der Waals surface area contributed by atoms with Crippen LogP contribution in [0.25, 0.3) is 0 Å². The van der Waals surface area contributed by atoms with Crippen LogP contribution in [0.4, 0.5) is 0 Å². The van der Waals surface area contributed by atoms with E-state index in [-0.39, 0.29) is 18.5 Å². The summed E-state index contributed by atoms with van der Waals surface area (Å²) < 4.78 is 5.92. The van der Waals surface area contributed by atoms with Crippen LogP contribution in [0.2, 0.25) is 0 Å². The number of carbonyl (C=O) groups excluding carboxylic acids is 1. The highest BCUT2D eigenvalue weighted by molar-refractivity contribution is 5.69. The maximum absolute atomic E-state index is 12.6. The molecule has 246 valence electrons. The van der Waals surface area contributed by atoms with Gasteiger partial charge in [0.2, 0.25) is 0 Å². The van der Waals surface area contributed by atoms with E-state index >= 15 is 0 Å². The molecule has 0 amide bonds. The first-order chi connectivity index (χ1) is 20.6. The van der Waals surface area contributed by atoms with Crippen molar-refractivity contribution >= 4 is 11.9 Å². The van der Waals surface area contributed by atoms with Crippen molar-refractivity contribution in [1.82, 2.24) is 0 Å². The predicted molar refractivity (Wildman–Crippen MR) is 181 cm³/mol. The van der Waals surface area contributed by atoms with Gasteiger partial charge >= 0.3 is 11.9 Å². The Bertz CT molecular complexity index is 639. The molecule has 1 N–H and O–H groups in total. The van der Waals surface area contributed by atoms with Crippen LogP contribution in [-0.2, 0) is 14.3 Å². The molecule has 0 saturated carbocycles. The van der Waals surface area contributed by atoms with Crippen LogP contribution in [0.1, 0.15) is 200 Å². The standard InChI is InChI=1S/C38H70O4/c1-3-5-7-9-11-13-15-16-17-18-20-22-24-26-31-35-38(41)42-36(33-29-27-30-34-37(39)40)32-28-25-23-21-19-14-12-10-8-6-4-2/h11,13,16-17,36H,3-10,12,14-15,18-35H2,1-2H3,(H,39,40)/b13-11-,17-16-. The predicted octanol–water partition coefficient (Wildman–Crippen LogP) is 12.4. The third-order valence-corrected chi connectivity index (χ3v) is 8.18. The number of carboxylic acids is 1. The molecule has 0 aromatic carbocycles. The van der Waals surface area contributed by atoms with Gasteiger partial charge in [0.15, 0.2) is 0 Å². The molecule has 0 aliphatic carbocycles. The molecule has 0 spiro atoms. The Labute approximate surface area is 261 Å². The van der Waals surface area contributed by atoms with Crippen LogP contribution in [0.5, 0.6) is 0 Å². The smallest absolute Gasteiger partial charge is 0.306 e. The maximum atomic E-state index is 12.6. The van der Waals surface area contributed by atoms with E-state index in [1.54, 1.807) is 0 Å². The molecule has 0 saturated heterocycles. The Morgan fingerprint density at radius 3 is 1.48 bits per heavy atom. The molecule has 0 radical (unpaired) electrons.